The van der Waals surface area contributed by atoms with E-state index >= 15 is 0 Å². The first-order valence-electron chi connectivity index (χ1n) is 6.04. The van der Waals surface area contributed by atoms with Crippen LogP contribution in [0.5, 0.6) is 0 Å². The van der Waals surface area contributed by atoms with Gasteiger partial charge in [0.15, 0.2) is 0 Å². The molecule has 0 aromatic carbocycles. The maximum atomic E-state index is 4.36. The lowest BCUT2D eigenvalue weighted by Gasteiger charge is -2.32. The molecule has 0 spiro atoms. The van der Waals surface area contributed by atoms with E-state index in [2.05, 4.69) is 40.1 Å². The molecule has 3 unspecified atom stereocenters. The van der Waals surface area contributed by atoms with E-state index in [-0.39, 0.29) is 0 Å². The van der Waals surface area contributed by atoms with Gasteiger partial charge in [-0.05, 0) is 59.2 Å². The molecule has 1 fully saturated rings. The zero-order valence-electron chi connectivity index (χ0n) is 9.91. The molecule has 0 aliphatic heterocycles. The monoisotopic (exact) mass is 282 g/mol. The standard InChI is InChI=1S/C13H19BrN2/c1-9-5-6-11(8-10(9)2)16-13-12(14)4-3-7-15-13/h3-4,7,9-11H,5-6,8H2,1-2H3,(H,15,16). The molecule has 1 saturated carbocycles. The minimum absolute atomic E-state index is 0.581. The molecule has 2 nitrogen and oxygen atoms in total. The van der Waals surface area contributed by atoms with Gasteiger partial charge in [0.1, 0.15) is 5.82 Å². The highest BCUT2D eigenvalue weighted by atomic mass is 79.9. The van der Waals surface area contributed by atoms with Gasteiger partial charge in [0.05, 0.1) is 4.47 Å². The zero-order chi connectivity index (χ0) is 11.5. The molecule has 1 aromatic rings. The number of aromatic nitrogens is 1. The smallest absolute Gasteiger partial charge is 0.140 e. The van der Waals surface area contributed by atoms with Crippen LogP contribution >= 0.6 is 15.9 Å². The van der Waals surface area contributed by atoms with Crippen molar-refractivity contribution in [1.29, 1.82) is 0 Å². The van der Waals surface area contributed by atoms with Crippen LogP contribution in [0.25, 0.3) is 0 Å². The topological polar surface area (TPSA) is 24.9 Å². The Kier molecular flexibility index (Phi) is 3.85. The first kappa shape index (κ1) is 11.9. The fraction of sp³-hybridized carbons (Fsp3) is 0.615. The number of hydrogen-bond donors (Lipinski definition) is 1. The molecule has 0 amide bonds. The van der Waals surface area contributed by atoms with Crippen LogP contribution in [0.15, 0.2) is 22.8 Å². The number of hydrogen-bond acceptors (Lipinski definition) is 2. The van der Waals surface area contributed by atoms with Crippen LogP contribution in [0.1, 0.15) is 33.1 Å². The van der Waals surface area contributed by atoms with Crippen molar-refractivity contribution >= 4 is 21.7 Å². The van der Waals surface area contributed by atoms with Gasteiger partial charge in [0, 0.05) is 12.2 Å². The number of pyridine rings is 1. The third-order valence-electron chi connectivity index (χ3n) is 3.70. The summed E-state index contributed by atoms with van der Waals surface area (Å²) in [4.78, 5) is 4.36. The summed E-state index contributed by atoms with van der Waals surface area (Å²) < 4.78 is 1.06. The number of nitrogens with zero attached hydrogens (tertiary/aromatic N) is 1. The molecule has 3 heteroatoms. The van der Waals surface area contributed by atoms with E-state index < -0.39 is 0 Å². The molecule has 2 rings (SSSR count). The lowest BCUT2D eigenvalue weighted by Crippen LogP contribution is -2.30. The SMILES string of the molecule is CC1CCC(Nc2ncccc2Br)CC1C. The Morgan fingerprint density at radius 3 is 2.81 bits per heavy atom. The van der Waals surface area contributed by atoms with Crippen molar-refractivity contribution in [3.8, 4) is 0 Å². The summed E-state index contributed by atoms with van der Waals surface area (Å²) in [5.74, 6) is 2.66. The summed E-state index contributed by atoms with van der Waals surface area (Å²) >= 11 is 3.53. The van der Waals surface area contributed by atoms with Crippen molar-refractivity contribution < 1.29 is 0 Å². The van der Waals surface area contributed by atoms with Crippen LogP contribution in [-0.4, -0.2) is 11.0 Å². The highest BCUT2D eigenvalue weighted by Gasteiger charge is 2.24. The van der Waals surface area contributed by atoms with E-state index in [9.17, 15) is 0 Å². The molecule has 1 N–H and O–H groups in total. The Morgan fingerprint density at radius 1 is 1.31 bits per heavy atom. The average Bonchev–Trinajstić information content (AvgIpc) is 2.27. The van der Waals surface area contributed by atoms with Gasteiger partial charge >= 0.3 is 0 Å². The summed E-state index contributed by atoms with van der Waals surface area (Å²) in [5.41, 5.74) is 0. The van der Waals surface area contributed by atoms with Gasteiger partial charge in [-0.25, -0.2) is 4.98 Å². The third-order valence-corrected chi connectivity index (χ3v) is 4.34. The molecule has 1 aliphatic carbocycles. The molecule has 0 bridgehead atoms. The second kappa shape index (κ2) is 5.17. The molecule has 1 heterocycles. The summed E-state index contributed by atoms with van der Waals surface area (Å²) in [6, 6.07) is 4.56. The zero-order valence-corrected chi connectivity index (χ0v) is 11.5. The number of halogens is 1. The van der Waals surface area contributed by atoms with Gasteiger partial charge in [0.2, 0.25) is 0 Å². The molecule has 88 valence electrons. The first-order valence-corrected chi connectivity index (χ1v) is 6.83. The Morgan fingerprint density at radius 2 is 2.12 bits per heavy atom. The third kappa shape index (κ3) is 2.76. The minimum Gasteiger partial charge on any atom is -0.366 e. The van der Waals surface area contributed by atoms with E-state index in [0.717, 1.165) is 22.1 Å². The lowest BCUT2D eigenvalue weighted by molar-refractivity contribution is 0.260. The predicted molar refractivity (Wildman–Crippen MR) is 71.5 cm³/mol. The number of anilines is 1. The van der Waals surface area contributed by atoms with Gasteiger partial charge in [-0.1, -0.05) is 13.8 Å². The predicted octanol–water partition coefficient (Wildman–Crippen LogP) is 4.08. The Labute approximate surface area is 106 Å². The van der Waals surface area contributed by atoms with E-state index in [1.54, 1.807) is 0 Å². The van der Waals surface area contributed by atoms with Gasteiger partial charge in [-0.2, -0.15) is 0 Å². The highest BCUT2D eigenvalue weighted by Crippen LogP contribution is 2.31. The lowest BCUT2D eigenvalue weighted by atomic mass is 9.79. The van der Waals surface area contributed by atoms with Gasteiger partial charge in [-0.3, -0.25) is 0 Å². The van der Waals surface area contributed by atoms with E-state index in [4.69, 9.17) is 0 Å². The van der Waals surface area contributed by atoms with Crippen molar-refractivity contribution in [2.24, 2.45) is 11.8 Å². The van der Waals surface area contributed by atoms with Crippen molar-refractivity contribution in [1.82, 2.24) is 4.98 Å². The van der Waals surface area contributed by atoms with Crippen molar-refractivity contribution in [2.45, 2.75) is 39.2 Å². The van der Waals surface area contributed by atoms with Crippen LogP contribution in [0.3, 0.4) is 0 Å². The largest absolute Gasteiger partial charge is 0.366 e. The molecule has 0 saturated heterocycles. The maximum Gasteiger partial charge on any atom is 0.140 e. The molecule has 0 radical (unpaired) electrons. The van der Waals surface area contributed by atoms with Crippen LogP contribution in [0, 0.1) is 11.8 Å². The molecular weight excluding hydrogens is 264 g/mol. The molecule has 1 aromatic heterocycles. The quantitative estimate of drug-likeness (QED) is 0.884. The average molecular weight is 283 g/mol. The number of rotatable bonds is 2. The molecule has 1 aliphatic rings. The molecule has 16 heavy (non-hydrogen) atoms. The van der Waals surface area contributed by atoms with Gasteiger partial charge < -0.3 is 5.32 Å². The van der Waals surface area contributed by atoms with Crippen LogP contribution in [0.4, 0.5) is 5.82 Å². The van der Waals surface area contributed by atoms with Crippen LogP contribution < -0.4 is 5.32 Å². The van der Waals surface area contributed by atoms with Crippen molar-refractivity contribution in [3.63, 3.8) is 0 Å². The van der Waals surface area contributed by atoms with E-state index in [0.29, 0.717) is 6.04 Å². The summed E-state index contributed by atoms with van der Waals surface area (Å²) in [6.07, 6.45) is 5.67. The fourth-order valence-electron chi connectivity index (χ4n) is 2.36. The fourth-order valence-corrected chi connectivity index (χ4v) is 2.73. The maximum absolute atomic E-state index is 4.36. The van der Waals surface area contributed by atoms with Crippen LogP contribution in [0.2, 0.25) is 0 Å². The van der Waals surface area contributed by atoms with Crippen LogP contribution in [-0.2, 0) is 0 Å². The van der Waals surface area contributed by atoms with Gasteiger partial charge in [-0.15, -0.1) is 0 Å². The second-order valence-electron chi connectivity index (χ2n) is 4.94. The normalized spacial score (nSPS) is 30.1. The van der Waals surface area contributed by atoms with E-state index in [1.165, 1.54) is 19.3 Å². The second-order valence-corrected chi connectivity index (χ2v) is 5.80. The Bertz CT molecular complexity index is 354. The summed E-state index contributed by atoms with van der Waals surface area (Å²) in [6.45, 7) is 4.71. The minimum atomic E-state index is 0.581. The van der Waals surface area contributed by atoms with E-state index in [1.807, 2.05) is 18.3 Å². The Balaban J connectivity index is 1.98. The summed E-state index contributed by atoms with van der Waals surface area (Å²) in [7, 11) is 0. The van der Waals surface area contributed by atoms with Gasteiger partial charge in [0.25, 0.3) is 0 Å². The highest BCUT2D eigenvalue weighted by molar-refractivity contribution is 9.10. The van der Waals surface area contributed by atoms with Crippen molar-refractivity contribution in [3.05, 3.63) is 22.8 Å². The van der Waals surface area contributed by atoms with Crippen molar-refractivity contribution in [2.75, 3.05) is 5.32 Å². The number of nitrogens with one attached hydrogen (secondary N) is 1. The molecule has 3 atom stereocenters. The molecular formula is C13H19BrN2. The first-order chi connectivity index (χ1) is 7.66. The summed E-state index contributed by atoms with van der Waals surface area (Å²) in [5, 5.41) is 3.54. The Hall–Kier alpha value is -0.570.